The highest BCUT2D eigenvalue weighted by Crippen LogP contribution is 2.12. The molecular weight excluding hydrogens is 208 g/mol. The van der Waals surface area contributed by atoms with Gasteiger partial charge in [-0.25, -0.2) is 0 Å². The third-order valence-electron chi connectivity index (χ3n) is 2.65. The molecule has 2 aromatic rings. The van der Waals surface area contributed by atoms with Crippen LogP contribution in [0.25, 0.3) is 10.9 Å². The topological polar surface area (TPSA) is 24.9 Å². The van der Waals surface area contributed by atoms with E-state index < -0.39 is 0 Å². The largest absolute Gasteiger partial charge is 0.313 e. The number of nitrogens with zero attached hydrogens (tertiary/aromatic N) is 1. The van der Waals surface area contributed by atoms with E-state index in [0.29, 0.717) is 0 Å². The summed E-state index contributed by atoms with van der Waals surface area (Å²) in [5, 5.41) is 4.56. The number of aromatic nitrogens is 1. The zero-order chi connectivity index (χ0) is 11.9. The molecule has 1 heterocycles. The van der Waals surface area contributed by atoms with Gasteiger partial charge in [-0.1, -0.05) is 18.2 Å². The number of nitrogens with one attached hydrogen (secondary N) is 1. The SMILES string of the molecule is C#CCCCNCc1cnc2ccccc2c1. The van der Waals surface area contributed by atoms with E-state index in [2.05, 4.69) is 28.4 Å². The van der Waals surface area contributed by atoms with Crippen LogP contribution in [0.3, 0.4) is 0 Å². The highest BCUT2D eigenvalue weighted by atomic mass is 14.8. The van der Waals surface area contributed by atoms with Crippen LogP contribution in [0.4, 0.5) is 0 Å². The van der Waals surface area contributed by atoms with Crippen molar-refractivity contribution in [3.05, 3.63) is 42.1 Å². The summed E-state index contributed by atoms with van der Waals surface area (Å²) in [7, 11) is 0. The van der Waals surface area contributed by atoms with Crippen LogP contribution in [0.5, 0.6) is 0 Å². The summed E-state index contributed by atoms with van der Waals surface area (Å²) in [6.07, 6.45) is 8.98. The average molecular weight is 224 g/mol. The molecular formula is C15H16N2. The van der Waals surface area contributed by atoms with Crippen LogP contribution in [0.2, 0.25) is 0 Å². The van der Waals surface area contributed by atoms with Gasteiger partial charge in [-0.2, -0.15) is 0 Å². The fourth-order valence-electron chi connectivity index (χ4n) is 1.76. The molecule has 0 unspecified atom stereocenters. The zero-order valence-electron chi connectivity index (χ0n) is 9.82. The van der Waals surface area contributed by atoms with Crippen molar-refractivity contribution in [1.82, 2.24) is 10.3 Å². The van der Waals surface area contributed by atoms with Gasteiger partial charge in [-0.3, -0.25) is 4.98 Å². The van der Waals surface area contributed by atoms with Gasteiger partial charge in [0.15, 0.2) is 0 Å². The third kappa shape index (κ3) is 3.30. The van der Waals surface area contributed by atoms with Gasteiger partial charge in [0.05, 0.1) is 5.52 Å². The molecule has 86 valence electrons. The first-order valence-electron chi connectivity index (χ1n) is 5.88. The number of unbranched alkanes of at least 4 members (excludes halogenated alkanes) is 1. The van der Waals surface area contributed by atoms with Gasteiger partial charge in [0.1, 0.15) is 0 Å². The molecule has 0 radical (unpaired) electrons. The Morgan fingerprint density at radius 2 is 2.18 bits per heavy atom. The van der Waals surface area contributed by atoms with Crippen LogP contribution < -0.4 is 5.32 Å². The van der Waals surface area contributed by atoms with Crippen LogP contribution in [0.1, 0.15) is 18.4 Å². The Balaban J connectivity index is 1.93. The maximum atomic E-state index is 5.20. The molecule has 2 heteroatoms. The summed E-state index contributed by atoms with van der Waals surface area (Å²) >= 11 is 0. The molecule has 0 fully saturated rings. The molecule has 1 N–H and O–H groups in total. The van der Waals surface area contributed by atoms with E-state index in [1.807, 2.05) is 24.4 Å². The lowest BCUT2D eigenvalue weighted by molar-refractivity contribution is 0.658. The van der Waals surface area contributed by atoms with Gasteiger partial charge in [0.2, 0.25) is 0 Å². The molecule has 0 atom stereocenters. The van der Waals surface area contributed by atoms with Gasteiger partial charge in [0, 0.05) is 24.5 Å². The predicted molar refractivity (Wildman–Crippen MR) is 71.5 cm³/mol. The van der Waals surface area contributed by atoms with Crippen molar-refractivity contribution in [2.75, 3.05) is 6.54 Å². The normalized spacial score (nSPS) is 10.3. The standard InChI is InChI=1S/C15H16N2/c1-2-3-6-9-16-11-13-10-14-7-4-5-8-15(14)17-12-13/h1,4-5,7-8,10,12,16H,3,6,9,11H2. The van der Waals surface area contributed by atoms with Gasteiger partial charge in [-0.05, 0) is 30.7 Å². The Bertz CT molecular complexity index is 526. The molecule has 1 aromatic heterocycles. The van der Waals surface area contributed by atoms with E-state index >= 15 is 0 Å². The quantitative estimate of drug-likeness (QED) is 0.624. The second-order valence-corrected chi connectivity index (χ2v) is 4.02. The number of fused-ring (bicyclic) bond motifs is 1. The van der Waals surface area contributed by atoms with Crippen molar-refractivity contribution in [3.63, 3.8) is 0 Å². The van der Waals surface area contributed by atoms with Crippen LogP contribution in [0, 0.1) is 12.3 Å². The lowest BCUT2D eigenvalue weighted by atomic mass is 10.1. The number of para-hydroxylation sites is 1. The fourth-order valence-corrected chi connectivity index (χ4v) is 1.76. The molecule has 0 bridgehead atoms. The van der Waals surface area contributed by atoms with Crippen LogP contribution in [-0.4, -0.2) is 11.5 Å². The molecule has 17 heavy (non-hydrogen) atoms. The average Bonchev–Trinajstić information content (AvgIpc) is 2.38. The second kappa shape index (κ2) is 6.03. The first kappa shape index (κ1) is 11.6. The van der Waals surface area contributed by atoms with Crippen molar-refractivity contribution in [1.29, 1.82) is 0 Å². The van der Waals surface area contributed by atoms with E-state index in [0.717, 1.165) is 31.4 Å². The Morgan fingerprint density at radius 3 is 3.06 bits per heavy atom. The molecule has 0 amide bonds. The molecule has 1 aromatic carbocycles. The number of terminal acetylenes is 1. The van der Waals surface area contributed by atoms with E-state index in [-0.39, 0.29) is 0 Å². The van der Waals surface area contributed by atoms with Crippen molar-refractivity contribution < 1.29 is 0 Å². The summed E-state index contributed by atoms with van der Waals surface area (Å²) in [5.41, 5.74) is 2.26. The molecule has 0 aliphatic carbocycles. The van der Waals surface area contributed by atoms with E-state index in [1.165, 1.54) is 10.9 Å². The molecule has 0 aliphatic heterocycles. The minimum Gasteiger partial charge on any atom is -0.313 e. The predicted octanol–water partition coefficient (Wildman–Crippen LogP) is 2.74. The van der Waals surface area contributed by atoms with Crippen molar-refractivity contribution in [2.45, 2.75) is 19.4 Å². The lowest BCUT2D eigenvalue weighted by Gasteiger charge is -2.04. The number of benzene rings is 1. The first-order chi connectivity index (χ1) is 8.40. The summed E-state index contributed by atoms with van der Waals surface area (Å²) in [5.74, 6) is 2.64. The summed E-state index contributed by atoms with van der Waals surface area (Å²) in [6, 6.07) is 10.3. The summed E-state index contributed by atoms with van der Waals surface area (Å²) in [4.78, 5) is 4.42. The number of hydrogen-bond acceptors (Lipinski definition) is 2. The van der Waals surface area contributed by atoms with Crippen molar-refractivity contribution in [2.24, 2.45) is 0 Å². The second-order valence-electron chi connectivity index (χ2n) is 4.02. The maximum absolute atomic E-state index is 5.20. The van der Waals surface area contributed by atoms with Gasteiger partial charge in [-0.15, -0.1) is 12.3 Å². The summed E-state index contributed by atoms with van der Waals surface area (Å²) in [6.45, 7) is 1.80. The van der Waals surface area contributed by atoms with E-state index in [9.17, 15) is 0 Å². The monoisotopic (exact) mass is 224 g/mol. The van der Waals surface area contributed by atoms with Crippen molar-refractivity contribution in [3.8, 4) is 12.3 Å². The minimum absolute atomic E-state index is 0.836. The Morgan fingerprint density at radius 1 is 1.29 bits per heavy atom. The Kier molecular flexibility index (Phi) is 4.12. The molecule has 0 aliphatic rings. The van der Waals surface area contributed by atoms with Gasteiger partial charge < -0.3 is 5.32 Å². The number of rotatable bonds is 5. The molecule has 0 saturated carbocycles. The fraction of sp³-hybridized carbons (Fsp3) is 0.267. The third-order valence-corrected chi connectivity index (χ3v) is 2.65. The number of pyridine rings is 1. The first-order valence-corrected chi connectivity index (χ1v) is 5.88. The van der Waals surface area contributed by atoms with Crippen LogP contribution in [-0.2, 0) is 6.54 Å². The molecule has 0 spiro atoms. The van der Waals surface area contributed by atoms with Crippen LogP contribution >= 0.6 is 0 Å². The highest BCUT2D eigenvalue weighted by Gasteiger charge is 1.96. The minimum atomic E-state index is 0.836. The van der Waals surface area contributed by atoms with Crippen molar-refractivity contribution >= 4 is 10.9 Å². The smallest absolute Gasteiger partial charge is 0.0702 e. The summed E-state index contributed by atoms with van der Waals surface area (Å²) < 4.78 is 0. The Hall–Kier alpha value is -1.85. The Labute approximate surface area is 102 Å². The lowest BCUT2D eigenvalue weighted by Crippen LogP contribution is -2.14. The van der Waals surface area contributed by atoms with Crippen LogP contribution in [0.15, 0.2) is 36.5 Å². The van der Waals surface area contributed by atoms with E-state index in [4.69, 9.17) is 6.42 Å². The van der Waals surface area contributed by atoms with Gasteiger partial charge in [0.25, 0.3) is 0 Å². The maximum Gasteiger partial charge on any atom is 0.0702 e. The molecule has 2 rings (SSSR count). The van der Waals surface area contributed by atoms with Gasteiger partial charge >= 0.3 is 0 Å². The highest BCUT2D eigenvalue weighted by molar-refractivity contribution is 5.78. The zero-order valence-corrected chi connectivity index (χ0v) is 9.82. The molecule has 2 nitrogen and oxygen atoms in total. The van der Waals surface area contributed by atoms with E-state index in [1.54, 1.807) is 0 Å². The number of hydrogen-bond donors (Lipinski definition) is 1. The molecule has 0 saturated heterocycles.